The van der Waals surface area contributed by atoms with Crippen LogP contribution in [-0.4, -0.2) is 17.7 Å². The predicted octanol–water partition coefficient (Wildman–Crippen LogP) is 3.53. The molecule has 0 amide bonds. The summed E-state index contributed by atoms with van der Waals surface area (Å²) in [5.41, 5.74) is 0.276. The molecule has 0 aliphatic rings. The van der Waals surface area contributed by atoms with Crippen LogP contribution in [0.5, 0.6) is 5.75 Å². The number of hydrogen-bond acceptors (Lipinski definition) is 2. The highest BCUT2D eigenvalue weighted by Crippen LogP contribution is 2.27. The van der Waals surface area contributed by atoms with Gasteiger partial charge in [0.1, 0.15) is 5.75 Å². The van der Waals surface area contributed by atoms with Crippen LogP contribution in [0.4, 0.5) is 0 Å². The fourth-order valence-electron chi connectivity index (χ4n) is 1.24. The van der Waals surface area contributed by atoms with Crippen molar-refractivity contribution >= 4 is 17.6 Å². The van der Waals surface area contributed by atoms with Crippen molar-refractivity contribution in [2.45, 2.75) is 27.2 Å². The molecule has 0 bridgehead atoms. The molecule has 0 unspecified atom stereocenters. The van der Waals surface area contributed by atoms with Gasteiger partial charge in [-0.2, -0.15) is 0 Å². The van der Waals surface area contributed by atoms with Crippen LogP contribution >= 0.6 is 11.6 Å². The molecule has 0 fully saturated rings. The normalized spacial score (nSPS) is 11.3. The molecular formula is C13H17ClO3. The number of rotatable bonds is 5. The molecule has 0 radical (unpaired) electrons. The van der Waals surface area contributed by atoms with Crippen molar-refractivity contribution in [2.75, 3.05) is 6.61 Å². The van der Waals surface area contributed by atoms with Crippen molar-refractivity contribution in [3.8, 4) is 5.75 Å². The fourth-order valence-corrected chi connectivity index (χ4v) is 1.42. The van der Waals surface area contributed by atoms with Crippen molar-refractivity contribution in [3.05, 3.63) is 28.8 Å². The number of carboxylic acid groups (broad SMARTS) is 1. The first kappa shape index (κ1) is 13.8. The first-order valence-electron chi connectivity index (χ1n) is 5.45. The minimum Gasteiger partial charge on any atom is -0.492 e. The molecule has 0 atom stereocenters. The molecule has 1 aromatic rings. The molecule has 0 saturated heterocycles. The van der Waals surface area contributed by atoms with Gasteiger partial charge in [0.25, 0.3) is 0 Å². The summed E-state index contributed by atoms with van der Waals surface area (Å²) >= 11 is 5.97. The van der Waals surface area contributed by atoms with Gasteiger partial charge in [0.15, 0.2) is 0 Å². The number of carboxylic acids is 1. The maximum Gasteiger partial charge on any atom is 0.309 e. The molecule has 0 saturated carbocycles. The molecule has 4 heteroatoms. The summed E-state index contributed by atoms with van der Waals surface area (Å²) in [6.45, 7) is 5.64. The largest absolute Gasteiger partial charge is 0.492 e. The summed E-state index contributed by atoms with van der Waals surface area (Å²) in [7, 11) is 0. The molecular weight excluding hydrogens is 240 g/mol. The Morgan fingerprint density at radius 3 is 2.71 bits per heavy atom. The average molecular weight is 257 g/mol. The number of ether oxygens (including phenoxy) is 1. The van der Waals surface area contributed by atoms with Crippen LogP contribution < -0.4 is 4.74 Å². The minimum atomic E-state index is -0.823. The van der Waals surface area contributed by atoms with Gasteiger partial charge in [0.05, 0.1) is 17.0 Å². The zero-order valence-electron chi connectivity index (χ0n) is 10.3. The summed E-state index contributed by atoms with van der Waals surface area (Å²) in [4.78, 5) is 10.9. The fraction of sp³-hybridized carbons (Fsp3) is 0.462. The minimum absolute atomic E-state index is 0.336. The number of benzene rings is 1. The van der Waals surface area contributed by atoms with E-state index in [1.54, 1.807) is 19.9 Å². The van der Waals surface area contributed by atoms with Crippen LogP contribution in [0.25, 0.3) is 0 Å². The highest BCUT2D eigenvalue weighted by atomic mass is 35.5. The van der Waals surface area contributed by atoms with E-state index in [2.05, 4.69) is 0 Å². The number of carbonyl (C=O) groups is 1. The molecule has 17 heavy (non-hydrogen) atoms. The van der Waals surface area contributed by atoms with Crippen LogP contribution in [0.3, 0.4) is 0 Å². The molecule has 1 aromatic carbocycles. The highest BCUT2D eigenvalue weighted by molar-refractivity contribution is 6.32. The lowest BCUT2D eigenvalue weighted by Gasteiger charge is -2.19. The van der Waals surface area contributed by atoms with Crippen LogP contribution in [0.15, 0.2) is 18.2 Å². The summed E-state index contributed by atoms with van der Waals surface area (Å²) in [6, 6.07) is 5.51. The third kappa shape index (κ3) is 3.93. The average Bonchev–Trinajstić information content (AvgIpc) is 2.22. The van der Waals surface area contributed by atoms with Crippen molar-refractivity contribution < 1.29 is 14.6 Å². The summed E-state index contributed by atoms with van der Waals surface area (Å²) in [6.07, 6.45) is 0.437. The molecule has 0 spiro atoms. The lowest BCUT2D eigenvalue weighted by Crippen LogP contribution is -2.25. The van der Waals surface area contributed by atoms with Crippen molar-refractivity contribution in [1.29, 1.82) is 0 Å². The topological polar surface area (TPSA) is 46.5 Å². The van der Waals surface area contributed by atoms with E-state index >= 15 is 0 Å². The van der Waals surface area contributed by atoms with E-state index in [4.69, 9.17) is 21.4 Å². The Morgan fingerprint density at radius 2 is 2.12 bits per heavy atom. The lowest BCUT2D eigenvalue weighted by molar-refractivity contribution is -0.147. The Kier molecular flexibility index (Phi) is 4.40. The second kappa shape index (κ2) is 5.41. The van der Waals surface area contributed by atoms with Crippen LogP contribution in [0.2, 0.25) is 5.02 Å². The SMILES string of the molecule is Cc1ccc(Cl)c(OCCC(C)(C)C(=O)O)c1. The van der Waals surface area contributed by atoms with E-state index in [9.17, 15) is 4.79 Å². The standard InChI is InChI=1S/C13H17ClO3/c1-9-4-5-10(14)11(8-9)17-7-6-13(2,3)12(15)16/h4-5,8H,6-7H2,1-3H3,(H,15,16). The van der Waals surface area contributed by atoms with Gasteiger partial charge in [-0.1, -0.05) is 17.7 Å². The Labute approximate surface area is 106 Å². The van der Waals surface area contributed by atoms with Gasteiger partial charge in [-0.15, -0.1) is 0 Å². The summed E-state index contributed by atoms with van der Waals surface area (Å²) < 4.78 is 5.51. The smallest absolute Gasteiger partial charge is 0.309 e. The van der Waals surface area contributed by atoms with Crippen molar-refractivity contribution in [3.63, 3.8) is 0 Å². The number of halogens is 1. The number of aliphatic carboxylic acids is 1. The van der Waals surface area contributed by atoms with Crippen LogP contribution in [0, 0.1) is 12.3 Å². The molecule has 1 rings (SSSR count). The van der Waals surface area contributed by atoms with Crippen LogP contribution in [-0.2, 0) is 4.79 Å². The van der Waals surface area contributed by atoms with Gasteiger partial charge in [-0.25, -0.2) is 0 Å². The third-order valence-corrected chi connectivity index (χ3v) is 2.96. The van der Waals surface area contributed by atoms with E-state index in [0.29, 0.717) is 23.8 Å². The zero-order valence-corrected chi connectivity index (χ0v) is 11.0. The highest BCUT2D eigenvalue weighted by Gasteiger charge is 2.26. The zero-order chi connectivity index (χ0) is 13.1. The monoisotopic (exact) mass is 256 g/mol. The number of aryl methyl sites for hydroxylation is 1. The van der Waals surface area contributed by atoms with E-state index in [0.717, 1.165) is 5.56 Å². The van der Waals surface area contributed by atoms with Gasteiger partial charge < -0.3 is 9.84 Å². The molecule has 94 valence electrons. The van der Waals surface area contributed by atoms with E-state index in [1.165, 1.54) is 0 Å². The second-order valence-electron chi connectivity index (χ2n) is 4.72. The number of hydrogen-bond donors (Lipinski definition) is 1. The molecule has 0 heterocycles. The predicted molar refractivity (Wildman–Crippen MR) is 67.7 cm³/mol. The Hall–Kier alpha value is -1.22. The van der Waals surface area contributed by atoms with Gasteiger partial charge in [-0.05, 0) is 44.9 Å². The molecule has 0 aliphatic carbocycles. The van der Waals surface area contributed by atoms with Crippen molar-refractivity contribution in [1.82, 2.24) is 0 Å². The lowest BCUT2D eigenvalue weighted by atomic mass is 9.90. The van der Waals surface area contributed by atoms with Crippen LogP contribution in [0.1, 0.15) is 25.8 Å². The second-order valence-corrected chi connectivity index (χ2v) is 5.13. The molecule has 3 nitrogen and oxygen atoms in total. The Morgan fingerprint density at radius 1 is 1.47 bits per heavy atom. The van der Waals surface area contributed by atoms with Gasteiger partial charge >= 0.3 is 5.97 Å². The van der Waals surface area contributed by atoms with E-state index in [1.807, 2.05) is 19.1 Å². The molecule has 0 aromatic heterocycles. The Bertz CT molecular complexity index is 413. The van der Waals surface area contributed by atoms with Gasteiger partial charge in [0.2, 0.25) is 0 Å². The van der Waals surface area contributed by atoms with E-state index < -0.39 is 11.4 Å². The first-order valence-corrected chi connectivity index (χ1v) is 5.83. The molecule has 1 N–H and O–H groups in total. The quantitative estimate of drug-likeness (QED) is 0.877. The maximum atomic E-state index is 10.9. The summed E-state index contributed by atoms with van der Waals surface area (Å²) in [5, 5.41) is 9.50. The third-order valence-electron chi connectivity index (χ3n) is 2.65. The Balaban J connectivity index is 2.57. The molecule has 0 aliphatic heterocycles. The first-order chi connectivity index (χ1) is 7.83. The van der Waals surface area contributed by atoms with Gasteiger partial charge in [0, 0.05) is 0 Å². The van der Waals surface area contributed by atoms with E-state index in [-0.39, 0.29) is 0 Å². The maximum absolute atomic E-state index is 10.9. The van der Waals surface area contributed by atoms with Crippen molar-refractivity contribution in [2.24, 2.45) is 5.41 Å². The van der Waals surface area contributed by atoms with Gasteiger partial charge in [-0.3, -0.25) is 4.79 Å². The summed E-state index contributed by atoms with van der Waals surface area (Å²) in [5.74, 6) is -0.218.